The molecule has 2 aromatic rings. The van der Waals surface area contributed by atoms with E-state index >= 15 is 0 Å². The van der Waals surface area contributed by atoms with Crippen LogP contribution in [0.3, 0.4) is 0 Å². The molecule has 112 valence electrons. The molecular weight excluding hydrogens is 292 g/mol. The molecule has 0 unspecified atom stereocenters. The van der Waals surface area contributed by atoms with Gasteiger partial charge in [-0.3, -0.25) is 0 Å². The Morgan fingerprint density at radius 1 is 1.14 bits per heavy atom. The summed E-state index contributed by atoms with van der Waals surface area (Å²) in [5.74, 6) is -1.54. The van der Waals surface area contributed by atoms with Crippen molar-refractivity contribution in [3.05, 3.63) is 41.7 Å². The zero-order chi connectivity index (χ0) is 15.6. The number of halogens is 4. The molecule has 21 heavy (non-hydrogen) atoms. The second-order valence-electron chi connectivity index (χ2n) is 3.99. The number of rotatable bonds is 3. The fourth-order valence-corrected chi connectivity index (χ4v) is 1.56. The lowest BCUT2D eigenvalue weighted by molar-refractivity contribution is -0.140. The van der Waals surface area contributed by atoms with Gasteiger partial charge in [-0.15, -0.1) is 0 Å². The summed E-state index contributed by atoms with van der Waals surface area (Å²) in [4.78, 5) is 3.86. The zero-order valence-electron chi connectivity index (χ0n) is 10.7. The number of nitrogens with zero attached hydrogens (tertiary/aromatic N) is 1. The molecule has 1 aromatic heterocycles. The van der Waals surface area contributed by atoms with Gasteiger partial charge >= 0.3 is 6.18 Å². The van der Waals surface area contributed by atoms with Crippen LogP contribution in [0.15, 0.2) is 30.3 Å². The normalized spacial score (nSPS) is 11.3. The van der Waals surface area contributed by atoms with E-state index in [1.165, 1.54) is 19.2 Å². The Bertz CT molecular complexity index is 659. The third kappa shape index (κ3) is 3.33. The Kier molecular flexibility index (Phi) is 3.88. The molecule has 0 saturated heterocycles. The van der Waals surface area contributed by atoms with E-state index in [9.17, 15) is 17.6 Å². The zero-order valence-corrected chi connectivity index (χ0v) is 10.7. The topological polar surface area (TPSA) is 57.4 Å². The predicted molar refractivity (Wildman–Crippen MR) is 66.7 cm³/mol. The molecule has 0 bridgehead atoms. The minimum atomic E-state index is -4.81. The fraction of sp³-hybridized carbons (Fsp3) is 0.154. The van der Waals surface area contributed by atoms with Gasteiger partial charge in [0.15, 0.2) is 0 Å². The number of nitrogens with two attached hydrogens (primary N) is 1. The van der Waals surface area contributed by atoms with E-state index in [1.807, 2.05) is 0 Å². The monoisotopic (exact) mass is 302 g/mol. The lowest BCUT2D eigenvalue weighted by Crippen LogP contribution is -2.08. The fourth-order valence-electron chi connectivity index (χ4n) is 1.56. The number of methoxy groups -OCH3 is 1. The van der Waals surface area contributed by atoms with Crippen LogP contribution in [0, 0.1) is 5.82 Å². The number of hydrogen-bond acceptors (Lipinski definition) is 4. The second kappa shape index (κ2) is 5.47. The summed E-state index contributed by atoms with van der Waals surface area (Å²) in [5, 5.41) is 0. The lowest BCUT2D eigenvalue weighted by atomic mass is 10.2. The first-order chi connectivity index (χ1) is 9.81. The Hall–Kier alpha value is -2.51. The number of nitrogen functional groups attached to an aromatic ring is 1. The summed E-state index contributed by atoms with van der Waals surface area (Å²) in [6, 6.07) is 5.07. The molecule has 1 heterocycles. The average molecular weight is 302 g/mol. The van der Waals surface area contributed by atoms with Crippen molar-refractivity contribution in [2.24, 2.45) is 0 Å². The van der Waals surface area contributed by atoms with Gasteiger partial charge in [0, 0.05) is 6.07 Å². The van der Waals surface area contributed by atoms with Gasteiger partial charge in [0.05, 0.1) is 18.4 Å². The first kappa shape index (κ1) is 14.9. The number of ether oxygens (including phenoxy) is 2. The molecule has 0 spiro atoms. The van der Waals surface area contributed by atoms with Crippen LogP contribution < -0.4 is 15.2 Å². The Balaban J connectivity index is 2.32. The van der Waals surface area contributed by atoms with Crippen LogP contribution in [0.25, 0.3) is 0 Å². The maximum atomic E-state index is 13.1. The van der Waals surface area contributed by atoms with E-state index in [0.29, 0.717) is 12.1 Å². The third-order valence-corrected chi connectivity index (χ3v) is 2.52. The molecule has 4 nitrogen and oxygen atoms in total. The molecule has 0 saturated carbocycles. The standard InChI is InChI=1S/C13H10F4N2O2/c1-20-12-10(18)4-5-11(19-12)21-7-2-3-9(14)8(6-7)13(15,16)17/h2-6H,18H2,1H3. The first-order valence-corrected chi connectivity index (χ1v) is 5.66. The molecule has 2 N–H and O–H groups in total. The Morgan fingerprint density at radius 3 is 2.48 bits per heavy atom. The summed E-state index contributed by atoms with van der Waals surface area (Å²) in [5.41, 5.74) is 4.39. The van der Waals surface area contributed by atoms with Gasteiger partial charge in [-0.2, -0.15) is 18.2 Å². The molecule has 8 heteroatoms. The van der Waals surface area contributed by atoms with Gasteiger partial charge < -0.3 is 15.2 Å². The first-order valence-electron chi connectivity index (χ1n) is 5.66. The highest BCUT2D eigenvalue weighted by Gasteiger charge is 2.34. The van der Waals surface area contributed by atoms with E-state index < -0.39 is 17.6 Å². The average Bonchev–Trinajstić information content (AvgIpc) is 2.42. The highest BCUT2D eigenvalue weighted by atomic mass is 19.4. The lowest BCUT2D eigenvalue weighted by Gasteiger charge is -2.11. The van der Waals surface area contributed by atoms with Gasteiger partial charge in [-0.1, -0.05) is 0 Å². The molecule has 0 radical (unpaired) electrons. The molecule has 0 aliphatic rings. The summed E-state index contributed by atoms with van der Waals surface area (Å²) < 4.78 is 60.9. The van der Waals surface area contributed by atoms with Crippen LogP contribution in [-0.2, 0) is 6.18 Å². The van der Waals surface area contributed by atoms with Gasteiger partial charge in [0.1, 0.15) is 11.6 Å². The summed E-state index contributed by atoms with van der Waals surface area (Å²) >= 11 is 0. The Morgan fingerprint density at radius 2 is 1.86 bits per heavy atom. The molecular formula is C13H10F4N2O2. The molecule has 0 atom stereocenters. The van der Waals surface area contributed by atoms with Crippen LogP contribution in [0.5, 0.6) is 17.5 Å². The second-order valence-corrected chi connectivity index (χ2v) is 3.99. The van der Waals surface area contributed by atoms with Crippen molar-refractivity contribution >= 4 is 5.69 Å². The van der Waals surface area contributed by atoms with E-state index in [-0.39, 0.29) is 23.2 Å². The van der Waals surface area contributed by atoms with E-state index in [1.54, 1.807) is 0 Å². The highest BCUT2D eigenvalue weighted by molar-refractivity contribution is 5.49. The SMILES string of the molecule is COc1nc(Oc2ccc(F)c(C(F)(F)F)c2)ccc1N. The Labute approximate surface area is 117 Å². The predicted octanol–water partition coefficient (Wildman–Crippen LogP) is 3.62. The van der Waals surface area contributed by atoms with Gasteiger partial charge in [0.25, 0.3) is 0 Å². The molecule has 2 rings (SSSR count). The number of hydrogen-bond donors (Lipinski definition) is 1. The molecule has 0 aliphatic carbocycles. The van der Waals surface area contributed by atoms with E-state index in [0.717, 1.165) is 6.07 Å². The van der Waals surface area contributed by atoms with Crippen LogP contribution >= 0.6 is 0 Å². The van der Waals surface area contributed by atoms with Crippen LogP contribution in [0.4, 0.5) is 23.2 Å². The third-order valence-electron chi connectivity index (χ3n) is 2.52. The van der Waals surface area contributed by atoms with E-state index in [2.05, 4.69) is 4.98 Å². The summed E-state index contributed by atoms with van der Waals surface area (Å²) in [6.07, 6.45) is -4.81. The number of pyridine rings is 1. The van der Waals surface area contributed by atoms with Gasteiger partial charge in [0.2, 0.25) is 11.8 Å². The van der Waals surface area contributed by atoms with Gasteiger partial charge in [-0.05, 0) is 24.3 Å². The molecule has 0 aliphatic heterocycles. The largest absolute Gasteiger partial charge is 0.479 e. The van der Waals surface area contributed by atoms with Crippen molar-refractivity contribution < 1.29 is 27.0 Å². The summed E-state index contributed by atoms with van der Waals surface area (Å²) in [6.45, 7) is 0. The van der Waals surface area contributed by atoms with Crippen molar-refractivity contribution in [1.29, 1.82) is 0 Å². The summed E-state index contributed by atoms with van der Waals surface area (Å²) in [7, 11) is 1.34. The highest BCUT2D eigenvalue weighted by Crippen LogP contribution is 2.35. The van der Waals surface area contributed by atoms with Gasteiger partial charge in [-0.25, -0.2) is 4.39 Å². The van der Waals surface area contributed by atoms with Crippen molar-refractivity contribution in [3.63, 3.8) is 0 Å². The molecule has 0 amide bonds. The number of anilines is 1. The minimum Gasteiger partial charge on any atom is -0.479 e. The smallest absolute Gasteiger partial charge is 0.419 e. The van der Waals surface area contributed by atoms with Crippen LogP contribution in [0.2, 0.25) is 0 Å². The van der Waals surface area contributed by atoms with Crippen molar-refractivity contribution in [3.8, 4) is 17.5 Å². The molecule has 0 fully saturated rings. The maximum absolute atomic E-state index is 13.1. The molecule has 1 aromatic carbocycles. The van der Waals surface area contributed by atoms with Crippen molar-refractivity contribution in [1.82, 2.24) is 4.98 Å². The van der Waals surface area contributed by atoms with Crippen molar-refractivity contribution in [2.75, 3.05) is 12.8 Å². The van der Waals surface area contributed by atoms with Crippen LogP contribution in [-0.4, -0.2) is 12.1 Å². The number of benzene rings is 1. The number of aromatic nitrogens is 1. The quantitative estimate of drug-likeness (QED) is 0.880. The van der Waals surface area contributed by atoms with Crippen LogP contribution in [0.1, 0.15) is 5.56 Å². The minimum absolute atomic E-state index is 0.0271. The van der Waals surface area contributed by atoms with Crippen molar-refractivity contribution in [2.45, 2.75) is 6.18 Å². The number of alkyl halides is 3. The maximum Gasteiger partial charge on any atom is 0.419 e. The van der Waals surface area contributed by atoms with E-state index in [4.69, 9.17) is 15.2 Å².